The lowest BCUT2D eigenvalue weighted by molar-refractivity contribution is 0.0368. The summed E-state index contributed by atoms with van der Waals surface area (Å²) in [5.74, 6) is 1.63. The summed E-state index contributed by atoms with van der Waals surface area (Å²) in [5, 5.41) is 0. The lowest BCUT2D eigenvalue weighted by Crippen LogP contribution is -2.36. The molecule has 0 amide bonds. The molecule has 1 aromatic carbocycles. The number of benzene rings is 1. The number of ether oxygens (including phenoxy) is 3. The third-order valence-corrected chi connectivity index (χ3v) is 3.30. The molecule has 0 bridgehead atoms. The van der Waals surface area contributed by atoms with Crippen molar-refractivity contribution in [2.24, 2.45) is 0 Å². The summed E-state index contributed by atoms with van der Waals surface area (Å²) in [6.07, 6.45) is 2.23. The monoisotopic (exact) mass is 265 g/mol. The van der Waals surface area contributed by atoms with Gasteiger partial charge >= 0.3 is 0 Å². The van der Waals surface area contributed by atoms with Gasteiger partial charge in [0, 0.05) is 13.1 Å². The maximum absolute atomic E-state index is 5.75. The van der Waals surface area contributed by atoms with Crippen molar-refractivity contribution in [3.05, 3.63) is 24.3 Å². The first-order valence-corrected chi connectivity index (χ1v) is 6.96. The van der Waals surface area contributed by atoms with Crippen LogP contribution in [0.3, 0.4) is 0 Å². The summed E-state index contributed by atoms with van der Waals surface area (Å²) >= 11 is 0. The van der Waals surface area contributed by atoms with Gasteiger partial charge in [0.2, 0.25) is 0 Å². The first kappa shape index (κ1) is 14.2. The molecule has 0 radical (unpaired) electrons. The molecule has 1 saturated heterocycles. The second-order valence-electron chi connectivity index (χ2n) is 4.66. The zero-order valence-electron chi connectivity index (χ0n) is 11.6. The molecule has 0 aromatic heterocycles. The Morgan fingerprint density at radius 3 is 2.58 bits per heavy atom. The molecule has 19 heavy (non-hydrogen) atoms. The molecule has 1 fully saturated rings. The van der Waals surface area contributed by atoms with E-state index in [9.17, 15) is 0 Å². The van der Waals surface area contributed by atoms with Crippen LogP contribution in [-0.2, 0) is 4.74 Å². The third kappa shape index (κ3) is 4.73. The molecule has 1 aliphatic rings. The Hall–Kier alpha value is -1.26. The Morgan fingerprint density at radius 1 is 1.11 bits per heavy atom. The Balaban J connectivity index is 1.61. The topological polar surface area (TPSA) is 30.9 Å². The lowest BCUT2D eigenvalue weighted by Gasteiger charge is -2.26. The summed E-state index contributed by atoms with van der Waals surface area (Å²) < 4.78 is 16.3. The Morgan fingerprint density at radius 2 is 1.84 bits per heavy atom. The van der Waals surface area contributed by atoms with Crippen LogP contribution in [0, 0.1) is 0 Å². The molecular formula is C15H23NO3. The smallest absolute Gasteiger partial charge is 0.161 e. The van der Waals surface area contributed by atoms with Crippen LogP contribution in [-0.4, -0.2) is 51.5 Å². The number of para-hydroxylation sites is 2. The fourth-order valence-electron chi connectivity index (χ4n) is 2.18. The van der Waals surface area contributed by atoms with Gasteiger partial charge in [-0.05, 0) is 31.5 Å². The van der Waals surface area contributed by atoms with Crippen LogP contribution in [0.5, 0.6) is 11.5 Å². The maximum atomic E-state index is 5.75. The van der Waals surface area contributed by atoms with Crippen LogP contribution in [0.15, 0.2) is 24.3 Å². The fourth-order valence-corrected chi connectivity index (χ4v) is 2.18. The van der Waals surface area contributed by atoms with Crippen molar-refractivity contribution in [3.8, 4) is 11.5 Å². The van der Waals surface area contributed by atoms with E-state index in [-0.39, 0.29) is 0 Å². The average molecular weight is 265 g/mol. The lowest BCUT2D eigenvalue weighted by atomic mass is 10.3. The van der Waals surface area contributed by atoms with Crippen molar-refractivity contribution in [3.63, 3.8) is 0 Å². The molecule has 4 nitrogen and oxygen atoms in total. The van der Waals surface area contributed by atoms with E-state index in [0.717, 1.165) is 63.8 Å². The van der Waals surface area contributed by atoms with Gasteiger partial charge in [0.1, 0.15) is 0 Å². The first-order chi connectivity index (χ1) is 9.40. The van der Waals surface area contributed by atoms with Crippen LogP contribution >= 0.6 is 0 Å². The molecule has 0 spiro atoms. The SMILES string of the molecule is COc1ccccc1OCCCCN1CCOCC1. The van der Waals surface area contributed by atoms with Crippen molar-refractivity contribution in [1.29, 1.82) is 0 Å². The highest BCUT2D eigenvalue weighted by Crippen LogP contribution is 2.25. The molecule has 0 atom stereocenters. The quantitative estimate of drug-likeness (QED) is 0.707. The second kappa shape index (κ2) is 8.02. The largest absolute Gasteiger partial charge is 0.493 e. The summed E-state index contributed by atoms with van der Waals surface area (Å²) in [7, 11) is 1.67. The average Bonchev–Trinajstić information content (AvgIpc) is 2.48. The number of hydrogen-bond acceptors (Lipinski definition) is 4. The highest BCUT2D eigenvalue weighted by Gasteiger charge is 2.09. The van der Waals surface area contributed by atoms with Crippen LogP contribution in [0.2, 0.25) is 0 Å². The zero-order valence-corrected chi connectivity index (χ0v) is 11.6. The van der Waals surface area contributed by atoms with Crippen LogP contribution in [0.1, 0.15) is 12.8 Å². The molecule has 1 heterocycles. The van der Waals surface area contributed by atoms with Gasteiger partial charge in [-0.2, -0.15) is 0 Å². The van der Waals surface area contributed by atoms with Crippen LogP contribution in [0.25, 0.3) is 0 Å². The highest BCUT2D eigenvalue weighted by molar-refractivity contribution is 5.39. The van der Waals surface area contributed by atoms with Gasteiger partial charge < -0.3 is 14.2 Å². The number of methoxy groups -OCH3 is 1. The summed E-state index contributed by atoms with van der Waals surface area (Å²) in [5.41, 5.74) is 0. The van der Waals surface area contributed by atoms with Crippen LogP contribution in [0.4, 0.5) is 0 Å². The molecule has 1 aromatic rings. The highest BCUT2D eigenvalue weighted by atomic mass is 16.5. The molecule has 0 aliphatic carbocycles. The maximum Gasteiger partial charge on any atom is 0.161 e. The van der Waals surface area contributed by atoms with Gasteiger partial charge in [0.15, 0.2) is 11.5 Å². The fraction of sp³-hybridized carbons (Fsp3) is 0.600. The molecule has 4 heteroatoms. The minimum Gasteiger partial charge on any atom is -0.493 e. The van der Waals surface area contributed by atoms with E-state index in [1.165, 1.54) is 0 Å². The van der Waals surface area contributed by atoms with E-state index >= 15 is 0 Å². The molecule has 0 unspecified atom stereocenters. The first-order valence-electron chi connectivity index (χ1n) is 6.96. The number of unbranched alkanes of at least 4 members (excludes halogenated alkanes) is 1. The molecule has 1 aliphatic heterocycles. The van der Waals surface area contributed by atoms with Crippen molar-refractivity contribution >= 4 is 0 Å². The standard InChI is InChI=1S/C15H23NO3/c1-17-14-6-2-3-7-15(14)19-11-5-4-8-16-9-12-18-13-10-16/h2-3,6-7H,4-5,8-13H2,1H3. The number of hydrogen-bond donors (Lipinski definition) is 0. The summed E-state index contributed by atoms with van der Waals surface area (Å²) in [4.78, 5) is 2.45. The molecule has 0 N–H and O–H groups in total. The predicted molar refractivity (Wildman–Crippen MR) is 75.0 cm³/mol. The Bertz CT molecular complexity index is 364. The van der Waals surface area contributed by atoms with E-state index < -0.39 is 0 Å². The molecular weight excluding hydrogens is 242 g/mol. The van der Waals surface area contributed by atoms with E-state index in [1.807, 2.05) is 24.3 Å². The van der Waals surface area contributed by atoms with Crippen molar-refractivity contribution in [2.45, 2.75) is 12.8 Å². The van der Waals surface area contributed by atoms with Crippen molar-refractivity contribution in [2.75, 3.05) is 46.6 Å². The zero-order chi connectivity index (χ0) is 13.3. The van der Waals surface area contributed by atoms with Crippen LogP contribution < -0.4 is 9.47 Å². The van der Waals surface area contributed by atoms with Gasteiger partial charge in [0.05, 0.1) is 26.9 Å². The van der Waals surface area contributed by atoms with Gasteiger partial charge in [-0.1, -0.05) is 12.1 Å². The Labute approximate surface area is 115 Å². The van der Waals surface area contributed by atoms with Gasteiger partial charge in [-0.3, -0.25) is 4.90 Å². The second-order valence-corrected chi connectivity index (χ2v) is 4.66. The van der Waals surface area contributed by atoms with Crippen molar-refractivity contribution in [1.82, 2.24) is 4.90 Å². The van der Waals surface area contributed by atoms with Gasteiger partial charge in [-0.25, -0.2) is 0 Å². The number of morpholine rings is 1. The van der Waals surface area contributed by atoms with E-state index in [2.05, 4.69) is 4.90 Å². The van der Waals surface area contributed by atoms with E-state index in [1.54, 1.807) is 7.11 Å². The van der Waals surface area contributed by atoms with E-state index in [0.29, 0.717) is 0 Å². The minimum atomic E-state index is 0.741. The minimum absolute atomic E-state index is 0.741. The Kier molecular flexibility index (Phi) is 5.98. The van der Waals surface area contributed by atoms with Gasteiger partial charge in [-0.15, -0.1) is 0 Å². The summed E-state index contributed by atoms with van der Waals surface area (Å²) in [6.45, 7) is 5.75. The summed E-state index contributed by atoms with van der Waals surface area (Å²) in [6, 6.07) is 7.78. The third-order valence-electron chi connectivity index (χ3n) is 3.30. The number of rotatable bonds is 7. The van der Waals surface area contributed by atoms with Gasteiger partial charge in [0.25, 0.3) is 0 Å². The normalized spacial score (nSPS) is 16.3. The van der Waals surface area contributed by atoms with E-state index in [4.69, 9.17) is 14.2 Å². The number of nitrogens with zero attached hydrogens (tertiary/aromatic N) is 1. The molecule has 2 rings (SSSR count). The predicted octanol–water partition coefficient (Wildman–Crippen LogP) is 2.19. The molecule has 0 saturated carbocycles. The van der Waals surface area contributed by atoms with Crippen molar-refractivity contribution < 1.29 is 14.2 Å². The molecule has 106 valence electrons.